The molecule has 7 heteroatoms. The fourth-order valence-electron chi connectivity index (χ4n) is 3.02. The van der Waals surface area contributed by atoms with E-state index in [9.17, 15) is 13.2 Å². The molecule has 0 saturated carbocycles. The monoisotopic (exact) mass is 486 g/mol. The standard InChI is InChI=1S/C23H23BrN2O3S/c1-14-6-5-7-21(17(14)4)26-30(28,29)22-13-18(9-8-15(22)2)23(27)25-19-10-11-20(24)16(3)12-19/h5-13,26H,1-4H3,(H,25,27). The highest BCUT2D eigenvalue weighted by Crippen LogP contribution is 2.25. The minimum Gasteiger partial charge on any atom is -0.322 e. The molecule has 0 atom stereocenters. The molecule has 3 rings (SSSR count). The van der Waals surface area contributed by atoms with Gasteiger partial charge in [-0.05, 0) is 86.3 Å². The van der Waals surface area contributed by atoms with E-state index >= 15 is 0 Å². The van der Waals surface area contributed by atoms with Gasteiger partial charge in [-0.15, -0.1) is 0 Å². The number of nitrogens with one attached hydrogen (secondary N) is 2. The van der Waals surface area contributed by atoms with E-state index in [0.717, 1.165) is 21.2 Å². The highest BCUT2D eigenvalue weighted by Gasteiger charge is 2.20. The van der Waals surface area contributed by atoms with E-state index in [0.29, 0.717) is 16.9 Å². The van der Waals surface area contributed by atoms with Crippen molar-refractivity contribution in [2.24, 2.45) is 0 Å². The number of carbonyl (C=O) groups is 1. The van der Waals surface area contributed by atoms with Gasteiger partial charge in [-0.2, -0.15) is 0 Å². The summed E-state index contributed by atoms with van der Waals surface area (Å²) in [7, 11) is -3.86. The maximum absolute atomic E-state index is 13.1. The van der Waals surface area contributed by atoms with Crippen LogP contribution in [0.5, 0.6) is 0 Å². The van der Waals surface area contributed by atoms with Crippen molar-refractivity contribution in [3.63, 3.8) is 0 Å². The highest BCUT2D eigenvalue weighted by atomic mass is 79.9. The molecule has 0 fully saturated rings. The second-order valence-corrected chi connectivity index (χ2v) is 9.76. The molecule has 0 heterocycles. The van der Waals surface area contributed by atoms with Gasteiger partial charge in [0.2, 0.25) is 0 Å². The molecule has 1 amide bonds. The maximum Gasteiger partial charge on any atom is 0.262 e. The maximum atomic E-state index is 13.1. The van der Waals surface area contributed by atoms with Crippen molar-refractivity contribution >= 4 is 43.2 Å². The lowest BCUT2D eigenvalue weighted by Crippen LogP contribution is -2.17. The average molecular weight is 487 g/mol. The first kappa shape index (κ1) is 22.1. The van der Waals surface area contributed by atoms with E-state index in [4.69, 9.17) is 0 Å². The van der Waals surface area contributed by atoms with E-state index in [1.807, 2.05) is 39.0 Å². The summed E-state index contributed by atoms with van der Waals surface area (Å²) in [4.78, 5) is 12.8. The van der Waals surface area contributed by atoms with Gasteiger partial charge >= 0.3 is 0 Å². The van der Waals surface area contributed by atoms with Crippen molar-refractivity contribution in [1.82, 2.24) is 0 Å². The van der Waals surface area contributed by atoms with Crippen LogP contribution in [0, 0.1) is 27.7 Å². The zero-order valence-electron chi connectivity index (χ0n) is 17.2. The van der Waals surface area contributed by atoms with Crippen LogP contribution in [-0.4, -0.2) is 14.3 Å². The van der Waals surface area contributed by atoms with Gasteiger partial charge in [0.25, 0.3) is 15.9 Å². The van der Waals surface area contributed by atoms with E-state index in [2.05, 4.69) is 26.0 Å². The van der Waals surface area contributed by atoms with Gasteiger partial charge in [0, 0.05) is 15.7 Å². The molecule has 5 nitrogen and oxygen atoms in total. The van der Waals surface area contributed by atoms with E-state index in [-0.39, 0.29) is 16.4 Å². The second kappa shape index (κ2) is 8.62. The van der Waals surface area contributed by atoms with E-state index in [1.54, 1.807) is 37.3 Å². The number of carbonyl (C=O) groups excluding carboxylic acids is 1. The van der Waals surface area contributed by atoms with Crippen LogP contribution in [-0.2, 0) is 10.0 Å². The van der Waals surface area contributed by atoms with Crippen molar-refractivity contribution in [3.05, 3.63) is 86.9 Å². The molecule has 3 aromatic carbocycles. The van der Waals surface area contributed by atoms with Crippen LogP contribution in [0.3, 0.4) is 0 Å². The normalized spacial score (nSPS) is 11.2. The Kier molecular flexibility index (Phi) is 6.33. The molecule has 0 aliphatic rings. The molecule has 0 spiro atoms. The summed E-state index contributed by atoms with van der Waals surface area (Å²) >= 11 is 3.43. The lowest BCUT2D eigenvalue weighted by molar-refractivity contribution is 0.102. The summed E-state index contributed by atoms with van der Waals surface area (Å²) in [6.07, 6.45) is 0. The SMILES string of the molecule is Cc1cc(NC(=O)c2ccc(C)c(S(=O)(=O)Nc3cccc(C)c3C)c2)ccc1Br. The molecule has 0 aliphatic heterocycles. The fourth-order valence-corrected chi connectivity index (χ4v) is 4.66. The van der Waals surface area contributed by atoms with Gasteiger partial charge in [-0.25, -0.2) is 8.42 Å². The van der Waals surface area contributed by atoms with Crippen LogP contribution < -0.4 is 10.0 Å². The van der Waals surface area contributed by atoms with Crippen LogP contribution in [0.25, 0.3) is 0 Å². The Morgan fingerprint density at radius 1 is 0.867 bits per heavy atom. The molecule has 0 aliphatic carbocycles. The number of aryl methyl sites for hydroxylation is 3. The van der Waals surface area contributed by atoms with Crippen molar-refractivity contribution in [2.45, 2.75) is 32.6 Å². The van der Waals surface area contributed by atoms with Gasteiger partial charge in [-0.3, -0.25) is 9.52 Å². The zero-order chi connectivity index (χ0) is 22.1. The Hall–Kier alpha value is -2.64. The molecule has 0 bridgehead atoms. The number of sulfonamides is 1. The number of rotatable bonds is 5. The molecule has 0 radical (unpaired) electrons. The number of anilines is 2. The summed E-state index contributed by atoms with van der Waals surface area (Å²) in [5.41, 5.74) is 4.82. The lowest BCUT2D eigenvalue weighted by Gasteiger charge is -2.15. The highest BCUT2D eigenvalue weighted by molar-refractivity contribution is 9.10. The van der Waals surface area contributed by atoms with Crippen LogP contribution >= 0.6 is 15.9 Å². The molecular weight excluding hydrogens is 464 g/mol. The number of amides is 1. The lowest BCUT2D eigenvalue weighted by atomic mass is 10.1. The smallest absolute Gasteiger partial charge is 0.262 e. The third-order valence-corrected chi connectivity index (χ3v) is 7.40. The number of hydrogen-bond donors (Lipinski definition) is 2. The van der Waals surface area contributed by atoms with E-state index in [1.165, 1.54) is 6.07 Å². The molecular formula is C23H23BrN2O3S. The molecule has 3 aromatic rings. The van der Waals surface area contributed by atoms with Crippen LogP contribution in [0.15, 0.2) is 64.0 Å². The first-order valence-corrected chi connectivity index (χ1v) is 11.6. The Balaban J connectivity index is 1.91. The van der Waals surface area contributed by atoms with Crippen molar-refractivity contribution in [1.29, 1.82) is 0 Å². The number of benzene rings is 3. The minimum absolute atomic E-state index is 0.0723. The van der Waals surface area contributed by atoms with Gasteiger partial charge in [0.1, 0.15) is 0 Å². The molecule has 2 N–H and O–H groups in total. The summed E-state index contributed by atoms with van der Waals surface area (Å²) in [6.45, 7) is 7.42. The summed E-state index contributed by atoms with van der Waals surface area (Å²) < 4.78 is 29.7. The van der Waals surface area contributed by atoms with Gasteiger partial charge in [0.15, 0.2) is 0 Å². The van der Waals surface area contributed by atoms with Crippen molar-refractivity contribution in [2.75, 3.05) is 10.0 Å². The predicted octanol–water partition coefficient (Wildman–Crippen LogP) is 5.74. The fraction of sp³-hybridized carbons (Fsp3) is 0.174. The number of hydrogen-bond acceptors (Lipinski definition) is 3. The first-order chi connectivity index (χ1) is 14.1. The number of halogens is 1. The van der Waals surface area contributed by atoms with Gasteiger partial charge in [0.05, 0.1) is 10.6 Å². The molecule has 0 aromatic heterocycles. The third kappa shape index (κ3) is 4.74. The van der Waals surface area contributed by atoms with Crippen LogP contribution in [0.4, 0.5) is 11.4 Å². The minimum atomic E-state index is -3.86. The van der Waals surface area contributed by atoms with Crippen LogP contribution in [0.2, 0.25) is 0 Å². The largest absolute Gasteiger partial charge is 0.322 e. The Morgan fingerprint density at radius 3 is 2.30 bits per heavy atom. The van der Waals surface area contributed by atoms with Crippen molar-refractivity contribution in [3.8, 4) is 0 Å². The Morgan fingerprint density at radius 2 is 1.60 bits per heavy atom. The van der Waals surface area contributed by atoms with Crippen LogP contribution in [0.1, 0.15) is 32.6 Å². The second-order valence-electron chi connectivity index (χ2n) is 7.25. The predicted molar refractivity (Wildman–Crippen MR) is 125 cm³/mol. The van der Waals surface area contributed by atoms with Crippen molar-refractivity contribution < 1.29 is 13.2 Å². The Labute approximate surface area is 185 Å². The first-order valence-electron chi connectivity index (χ1n) is 9.35. The summed E-state index contributed by atoms with van der Waals surface area (Å²) in [5.74, 6) is -0.375. The molecule has 0 unspecified atom stereocenters. The quantitative estimate of drug-likeness (QED) is 0.482. The average Bonchev–Trinajstić information content (AvgIpc) is 2.68. The molecule has 0 saturated heterocycles. The Bertz CT molecular complexity index is 1240. The summed E-state index contributed by atoms with van der Waals surface area (Å²) in [5, 5.41) is 2.82. The summed E-state index contributed by atoms with van der Waals surface area (Å²) in [6, 6.07) is 15.6. The molecule has 30 heavy (non-hydrogen) atoms. The topological polar surface area (TPSA) is 75.3 Å². The van der Waals surface area contributed by atoms with Gasteiger partial charge in [-0.1, -0.05) is 34.1 Å². The zero-order valence-corrected chi connectivity index (χ0v) is 19.6. The van der Waals surface area contributed by atoms with Gasteiger partial charge < -0.3 is 5.32 Å². The third-order valence-electron chi connectivity index (χ3n) is 5.00. The molecule has 156 valence electrons. The van der Waals surface area contributed by atoms with E-state index < -0.39 is 10.0 Å².